The molecule has 0 aliphatic carbocycles. The highest BCUT2D eigenvalue weighted by Crippen LogP contribution is 2.10. The first-order chi connectivity index (χ1) is 5.52. The molecule has 72 valence electrons. The van der Waals surface area contributed by atoms with Crippen LogP contribution >= 0.6 is 0 Å². The normalized spacial score (nSPS) is 22.8. The monoisotopic (exact) mass is 193 g/mol. The first kappa shape index (κ1) is 9.91. The molecule has 0 radical (unpaired) electrons. The van der Waals surface area contributed by atoms with E-state index in [-0.39, 0.29) is 0 Å². The zero-order chi connectivity index (χ0) is 9.19. The van der Waals surface area contributed by atoms with E-state index >= 15 is 0 Å². The van der Waals surface area contributed by atoms with E-state index in [2.05, 4.69) is 4.72 Å². The maximum absolute atomic E-state index is 11.4. The molecule has 1 heterocycles. The average Bonchev–Trinajstić information content (AvgIpc) is 2.32. The van der Waals surface area contributed by atoms with Crippen LogP contribution in [0.2, 0.25) is 0 Å². The van der Waals surface area contributed by atoms with Gasteiger partial charge in [0.25, 0.3) is 10.2 Å². The Labute approximate surface area is 73.1 Å². The minimum absolute atomic E-state index is 0.518. The summed E-state index contributed by atoms with van der Waals surface area (Å²) in [6.45, 7) is 2.83. The van der Waals surface area contributed by atoms with Gasteiger partial charge in [0, 0.05) is 13.1 Å². The molecule has 1 saturated heterocycles. The Bertz CT molecular complexity index is 231. The molecule has 1 atom stereocenters. The molecule has 6 heteroatoms. The fourth-order valence-electron chi connectivity index (χ4n) is 1.24. The summed E-state index contributed by atoms with van der Waals surface area (Å²) in [7, 11) is -3.30. The summed E-state index contributed by atoms with van der Waals surface area (Å²) >= 11 is 0. The van der Waals surface area contributed by atoms with Crippen LogP contribution in [0.4, 0.5) is 0 Å². The van der Waals surface area contributed by atoms with Crippen molar-refractivity contribution in [2.75, 3.05) is 13.1 Å². The topological polar surface area (TPSA) is 75.4 Å². The Balaban J connectivity index is 2.58. The van der Waals surface area contributed by atoms with Crippen molar-refractivity contribution in [3.8, 4) is 0 Å². The molecule has 0 aromatic carbocycles. The third-order valence-electron chi connectivity index (χ3n) is 1.74. The van der Waals surface area contributed by atoms with E-state index in [1.165, 1.54) is 4.31 Å². The van der Waals surface area contributed by atoms with Gasteiger partial charge in [0.05, 0.1) is 6.17 Å². The molecule has 1 aliphatic heterocycles. The van der Waals surface area contributed by atoms with Gasteiger partial charge in [-0.3, -0.25) is 0 Å². The van der Waals surface area contributed by atoms with E-state index in [1.54, 1.807) is 6.92 Å². The lowest BCUT2D eigenvalue weighted by molar-refractivity contribution is 0.456. The largest absolute Gasteiger partial charge is 0.315 e. The Morgan fingerprint density at radius 2 is 1.92 bits per heavy atom. The number of hydrogen-bond acceptors (Lipinski definition) is 3. The highest BCUT2D eigenvalue weighted by atomic mass is 32.2. The molecule has 3 N–H and O–H groups in total. The molecule has 0 bridgehead atoms. The van der Waals surface area contributed by atoms with Gasteiger partial charge in [-0.1, -0.05) is 0 Å². The van der Waals surface area contributed by atoms with E-state index in [0.717, 1.165) is 12.8 Å². The molecule has 0 aromatic heterocycles. The second kappa shape index (κ2) is 3.69. The molecular weight excluding hydrogens is 178 g/mol. The molecule has 1 fully saturated rings. The van der Waals surface area contributed by atoms with Gasteiger partial charge in [-0.15, -0.1) is 0 Å². The predicted octanol–water partition coefficient (Wildman–Crippen LogP) is -0.779. The van der Waals surface area contributed by atoms with Gasteiger partial charge in [-0.05, 0) is 19.8 Å². The minimum atomic E-state index is -3.30. The van der Waals surface area contributed by atoms with Crippen LogP contribution in [-0.4, -0.2) is 32.0 Å². The molecule has 0 spiro atoms. The van der Waals surface area contributed by atoms with Crippen LogP contribution < -0.4 is 10.5 Å². The molecule has 0 saturated carbocycles. The van der Waals surface area contributed by atoms with E-state index in [1.807, 2.05) is 0 Å². The Hall–Kier alpha value is -0.170. The summed E-state index contributed by atoms with van der Waals surface area (Å²) in [4.78, 5) is 0. The van der Waals surface area contributed by atoms with Crippen LogP contribution in [0, 0.1) is 0 Å². The van der Waals surface area contributed by atoms with Gasteiger partial charge < -0.3 is 5.73 Å². The first-order valence-corrected chi connectivity index (χ1v) is 5.49. The van der Waals surface area contributed by atoms with Gasteiger partial charge >= 0.3 is 0 Å². The maximum Gasteiger partial charge on any atom is 0.280 e. The fraction of sp³-hybridized carbons (Fsp3) is 1.00. The van der Waals surface area contributed by atoms with Crippen molar-refractivity contribution in [2.45, 2.75) is 25.9 Å². The Kier molecular flexibility index (Phi) is 3.05. The molecular formula is C6H15N3O2S. The number of nitrogens with zero attached hydrogens (tertiary/aromatic N) is 1. The van der Waals surface area contributed by atoms with Crippen LogP contribution in [0.1, 0.15) is 19.8 Å². The van der Waals surface area contributed by atoms with Crippen LogP contribution in [0.25, 0.3) is 0 Å². The van der Waals surface area contributed by atoms with Crippen molar-refractivity contribution < 1.29 is 8.42 Å². The second-order valence-electron chi connectivity index (χ2n) is 3.02. The maximum atomic E-state index is 11.4. The highest BCUT2D eigenvalue weighted by Gasteiger charge is 2.25. The fourth-order valence-corrected chi connectivity index (χ4v) is 2.60. The molecule has 12 heavy (non-hydrogen) atoms. The summed E-state index contributed by atoms with van der Waals surface area (Å²) in [6.07, 6.45) is 1.37. The molecule has 0 aromatic rings. The lowest BCUT2D eigenvalue weighted by Gasteiger charge is -2.17. The molecule has 1 unspecified atom stereocenters. The third-order valence-corrected chi connectivity index (χ3v) is 3.45. The van der Waals surface area contributed by atoms with Gasteiger partial charge in [-0.25, -0.2) is 0 Å². The SMILES string of the molecule is CC(N)NS(=O)(=O)N1CCCC1. The highest BCUT2D eigenvalue weighted by molar-refractivity contribution is 7.87. The van der Waals surface area contributed by atoms with Crippen LogP contribution in [0.5, 0.6) is 0 Å². The van der Waals surface area contributed by atoms with Crippen molar-refractivity contribution in [3.05, 3.63) is 0 Å². The second-order valence-corrected chi connectivity index (χ2v) is 4.72. The van der Waals surface area contributed by atoms with Crippen molar-refractivity contribution in [2.24, 2.45) is 5.73 Å². The van der Waals surface area contributed by atoms with Crippen LogP contribution in [-0.2, 0) is 10.2 Å². The van der Waals surface area contributed by atoms with Crippen molar-refractivity contribution in [1.82, 2.24) is 9.03 Å². The summed E-state index contributed by atoms with van der Waals surface area (Å²) in [5.41, 5.74) is 5.33. The van der Waals surface area contributed by atoms with E-state index < -0.39 is 16.4 Å². The summed E-state index contributed by atoms with van der Waals surface area (Å²) < 4.78 is 26.5. The van der Waals surface area contributed by atoms with Crippen LogP contribution in [0.3, 0.4) is 0 Å². The quantitative estimate of drug-likeness (QED) is 0.577. The van der Waals surface area contributed by atoms with Gasteiger partial charge in [0.1, 0.15) is 0 Å². The number of rotatable bonds is 3. The predicted molar refractivity (Wildman–Crippen MR) is 46.5 cm³/mol. The summed E-state index contributed by atoms with van der Waals surface area (Å²) in [5.74, 6) is 0. The van der Waals surface area contributed by atoms with Gasteiger partial charge in [0.15, 0.2) is 0 Å². The molecule has 0 amide bonds. The zero-order valence-electron chi connectivity index (χ0n) is 7.16. The zero-order valence-corrected chi connectivity index (χ0v) is 7.97. The van der Waals surface area contributed by atoms with E-state index in [9.17, 15) is 8.42 Å². The third kappa shape index (κ3) is 2.41. The Morgan fingerprint density at radius 3 is 2.33 bits per heavy atom. The van der Waals surface area contributed by atoms with Crippen molar-refractivity contribution >= 4 is 10.2 Å². The smallest absolute Gasteiger partial charge is 0.280 e. The summed E-state index contributed by atoms with van der Waals surface area (Å²) in [6, 6.07) is 0. The van der Waals surface area contributed by atoms with Crippen molar-refractivity contribution in [3.63, 3.8) is 0 Å². The molecule has 5 nitrogen and oxygen atoms in total. The summed E-state index contributed by atoms with van der Waals surface area (Å²) in [5, 5.41) is 0. The Morgan fingerprint density at radius 1 is 1.42 bits per heavy atom. The van der Waals surface area contributed by atoms with Crippen LogP contribution in [0.15, 0.2) is 0 Å². The lowest BCUT2D eigenvalue weighted by atomic mass is 10.4. The number of hydrogen-bond donors (Lipinski definition) is 2. The van der Waals surface area contributed by atoms with Gasteiger partial charge in [-0.2, -0.15) is 17.4 Å². The van der Waals surface area contributed by atoms with E-state index in [0.29, 0.717) is 13.1 Å². The first-order valence-electron chi connectivity index (χ1n) is 4.05. The molecule has 1 rings (SSSR count). The minimum Gasteiger partial charge on any atom is -0.315 e. The standard InChI is InChI=1S/C6H15N3O2S/c1-6(7)8-12(10,11)9-4-2-3-5-9/h6,8H,2-5,7H2,1H3. The lowest BCUT2D eigenvalue weighted by Crippen LogP contribution is -2.46. The molecule has 1 aliphatic rings. The number of nitrogens with two attached hydrogens (primary N) is 1. The van der Waals surface area contributed by atoms with E-state index in [4.69, 9.17) is 5.73 Å². The number of nitrogens with one attached hydrogen (secondary N) is 1. The van der Waals surface area contributed by atoms with Crippen molar-refractivity contribution in [1.29, 1.82) is 0 Å². The average molecular weight is 193 g/mol. The van der Waals surface area contributed by atoms with Gasteiger partial charge in [0.2, 0.25) is 0 Å².